The van der Waals surface area contributed by atoms with E-state index >= 15 is 0 Å². The van der Waals surface area contributed by atoms with Gasteiger partial charge in [-0.15, -0.1) is 0 Å². The fourth-order valence-electron chi connectivity index (χ4n) is 1.25. The Kier molecular flexibility index (Phi) is 6.59. The number of carboxylic acids is 1. The third kappa shape index (κ3) is 5.64. The number of hydrogen-bond donors (Lipinski definition) is 2. The molecule has 0 aliphatic rings. The summed E-state index contributed by atoms with van der Waals surface area (Å²) in [5.74, 6) is -0.736. The smallest absolute Gasteiger partial charge is 0.306 e. The molecule has 2 atom stereocenters. The van der Waals surface area contributed by atoms with Gasteiger partial charge >= 0.3 is 5.97 Å². The molecule has 0 aromatic heterocycles. The summed E-state index contributed by atoms with van der Waals surface area (Å²) < 4.78 is 0. The summed E-state index contributed by atoms with van der Waals surface area (Å²) in [4.78, 5) is 10.6. The Morgan fingerprint density at radius 1 is 1.23 bits per heavy atom. The maximum Gasteiger partial charge on any atom is 0.306 e. The average molecular weight is 188 g/mol. The minimum atomic E-state index is -0.713. The minimum absolute atomic E-state index is 0.233. The third-order valence-electron chi connectivity index (χ3n) is 2.56. The normalized spacial score (nSPS) is 15.3. The highest BCUT2D eigenvalue weighted by molar-refractivity contribution is 5.69. The molecule has 0 bridgehead atoms. The minimum Gasteiger partial charge on any atom is -0.481 e. The van der Waals surface area contributed by atoms with Gasteiger partial charge in [-0.05, 0) is 18.8 Å². The van der Waals surface area contributed by atoms with Gasteiger partial charge in [0.15, 0.2) is 0 Å². The van der Waals surface area contributed by atoms with E-state index < -0.39 is 5.97 Å². The maximum absolute atomic E-state index is 10.6. The Hall–Kier alpha value is -0.570. The summed E-state index contributed by atoms with van der Waals surface area (Å²) in [5.41, 5.74) is 0. The lowest BCUT2D eigenvalue weighted by molar-refractivity contribution is -0.142. The van der Waals surface area contributed by atoms with Crippen LogP contribution in [0.1, 0.15) is 39.5 Å². The van der Waals surface area contributed by atoms with E-state index in [2.05, 4.69) is 0 Å². The second-order valence-electron chi connectivity index (χ2n) is 3.68. The van der Waals surface area contributed by atoms with Crippen molar-refractivity contribution in [1.82, 2.24) is 0 Å². The van der Waals surface area contributed by atoms with Crippen LogP contribution in [0, 0.1) is 11.8 Å². The molecule has 0 spiro atoms. The molecule has 0 radical (unpaired) electrons. The number of unbranched alkanes of at least 4 members (excludes halogenated alkanes) is 2. The molecule has 0 heterocycles. The summed E-state index contributed by atoms with van der Waals surface area (Å²) >= 11 is 0. The van der Waals surface area contributed by atoms with Crippen molar-refractivity contribution in [2.75, 3.05) is 6.61 Å². The fourth-order valence-corrected chi connectivity index (χ4v) is 1.25. The maximum atomic E-state index is 10.6. The molecule has 13 heavy (non-hydrogen) atoms. The molecule has 0 rings (SSSR count). The van der Waals surface area contributed by atoms with Gasteiger partial charge < -0.3 is 10.2 Å². The van der Waals surface area contributed by atoms with Gasteiger partial charge in [0, 0.05) is 6.61 Å². The van der Waals surface area contributed by atoms with Crippen LogP contribution in [0.3, 0.4) is 0 Å². The molecule has 0 aliphatic heterocycles. The molecule has 0 aromatic carbocycles. The number of hydrogen-bond acceptors (Lipinski definition) is 2. The highest BCUT2D eigenvalue weighted by atomic mass is 16.4. The number of carboxylic acid groups (broad SMARTS) is 1. The number of aliphatic carboxylic acids is 1. The van der Waals surface area contributed by atoms with Crippen LogP contribution >= 0.6 is 0 Å². The highest BCUT2D eigenvalue weighted by Crippen LogP contribution is 2.18. The van der Waals surface area contributed by atoms with E-state index in [-0.39, 0.29) is 18.4 Å². The fraction of sp³-hybridized carbons (Fsp3) is 0.900. The van der Waals surface area contributed by atoms with Crippen molar-refractivity contribution >= 4 is 5.97 Å². The first-order chi connectivity index (χ1) is 6.09. The molecule has 3 heteroatoms. The third-order valence-corrected chi connectivity index (χ3v) is 2.56. The second-order valence-corrected chi connectivity index (χ2v) is 3.68. The van der Waals surface area contributed by atoms with E-state index in [1.165, 1.54) is 0 Å². The van der Waals surface area contributed by atoms with E-state index in [1.807, 2.05) is 6.92 Å². The number of aliphatic hydroxyl groups is 1. The Morgan fingerprint density at radius 3 is 2.31 bits per heavy atom. The number of aliphatic hydroxyl groups excluding tert-OH is 1. The lowest BCUT2D eigenvalue weighted by Gasteiger charge is -2.15. The zero-order valence-corrected chi connectivity index (χ0v) is 8.49. The van der Waals surface area contributed by atoms with E-state index in [9.17, 15) is 4.79 Å². The molecule has 0 aliphatic carbocycles. The van der Waals surface area contributed by atoms with Crippen molar-refractivity contribution in [3.05, 3.63) is 0 Å². The van der Waals surface area contributed by atoms with Gasteiger partial charge in [-0.3, -0.25) is 4.79 Å². The Labute approximate surface area is 79.8 Å². The molecule has 78 valence electrons. The van der Waals surface area contributed by atoms with Crippen LogP contribution in [-0.4, -0.2) is 22.8 Å². The van der Waals surface area contributed by atoms with E-state index in [0.29, 0.717) is 0 Å². The lowest BCUT2D eigenvalue weighted by Crippen LogP contribution is -2.18. The molecule has 2 unspecified atom stereocenters. The van der Waals surface area contributed by atoms with Crippen molar-refractivity contribution < 1.29 is 15.0 Å². The van der Waals surface area contributed by atoms with Gasteiger partial charge in [0.25, 0.3) is 0 Å². The zero-order chi connectivity index (χ0) is 10.3. The first-order valence-electron chi connectivity index (χ1n) is 4.93. The molecule has 3 nitrogen and oxygen atoms in total. The molecule has 0 amide bonds. The van der Waals surface area contributed by atoms with E-state index in [0.717, 1.165) is 25.7 Å². The average Bonchev–Trinajstić information content (AvgIpc) is 2.10. The molecule has 0 aromatic rings. The lowest BCUT2D eigenvalue weighted by atomic mass is 9.91. The van der Waals surface area contributed by atoms with Crippen LogP contribution in [0.4, 0.5) is 0 Å². The van der Waals surface area contributed by atoms with Crippen molar-refractivity contribution in [2.24, 2.45) is 11.8 Å². The van der Waals surface area contributed by atoms with Gasteiger partial charge in [-0.1, -0.05) is 26.7 Å². The Bertz CT molecular complexity index is 145. The zero-order valence-electron chi connectivity index (χ0n) is 8.49. The van der Waals surface area contributed by atoms with Crippen LogP contribution in [0.2, 0.25) is 0 Å². The molecule has 0 saturated carbocycles. The predicted octanol–water partition coefficient (Wildman–Crippen LogP) is 1.90. The van der Waals surface area contributed by atoms with Crippen molar-refractivity contribution in [2.45, 2.75) is 39.5 Å². The summed E-state index contributed by atoms with van der Waals surface area (Å²) in [6.45, 7) is 3.96. The monoisotopic (exact) mass is 188 g/mol. The largest absolute Gasteiger partial charge is 0.481 e. The summed E-state index contributed by atoms with van der Waals surface area (Å²) in [7, 11) is 0. The standard InChI is InChI=1S/C10H20O3/c1-8(9(2)10(12)13)6-4-3-5-7-11/h8-9,11H,3-7H2,1-2H3,(H,12,13). The Balaban J connectivity index is 3.50. The second kappa shape index (κ2) is 6.89. The number of carbonyl (C=O) groups is 1. The van der Waals surface area contributed by atoms with Gasteiger partial charge in [-0.2, -0.15) is 0 Å². The van der Waals surface area contributed by atoms with Crippen LogP contribution in [0.15, 0.2) is 0 Å². The SMILES string of the molecule is CC(CCCCCO)C(C)C(=O)O. The van der Waals surface area contributed by atoms with Crippen LogP contribution in [-0.2, 0) is 4.79 Å². The van der Waals surface area contributed by atoms with Crippen LogP contribution in [0.25, 0.3) is 0 Å². The molecular weight excluding hydrogens is 168 g/mol. The van der Waals surface area contributed by atoms with Gasteiger partial charge in [0.05, 0.1) is 5.92 Å². The van der Waals surface area contributed by atoms with Crippen molar-refractivity contribution in [3.8, 4) is 0 Å². The predicted molar refractivity (Wildman–Crippen MR) is 51.5 cm³/mol. The van der Waals surface area contributed by atoms with Gasteiger partial charge in [-0.25, -0.2) is 0 Å². The van der Waals surface area contributed by atoms with Crippen molar-refractivity contribution in [1.29, 1.82) is 0 Å². The topological polar surface area (TPSA) is 57.5 Å². The first kappa shape index (κ1) is 12.4. The van der Waals surface area contributed by atoms with Gasteiger partial charge in [0.1, 0.15) is 0 Å². The molecular formula is C10H20O3. The summed E-state index contributed by atoms with van der Waals surface area (Å²) in [5, 5.41) is 17.2. The summed E-state index contributed by atoms with van der Waals surface area (Å²) in [6.07, 6.45) is 3.77. The first-order valence-corrected chi connectivity index (χ1v) is 4.93. The summed E-state index contributed by atoms with van der Waals surface area (Å²) in [6, 6.07) is 0. The molecule has 2 N–H and O–H groups in total. The van der Waals surface area contributed by atoms with E-state index in [4.69, 9.17) is 10.2 Å². The Morgan fingerprint density at radius 2 is 1.85 bits per heavy atom. The quantitative estimate of drug-likeness (QED) is 0.600. The highest BCUT2D eigenvalue weighted by Gasteiger charge is 2.18. The van der Waals surface area contributed by atoms with Gasteiger partial charge in [0.2, 0.25) is 0 Å². The van der Waals surface area contributed by atoms with E-state index in [1.54, 1.807) is 6.92 Å². The van der Waals surface area contributed by atoms with Crippen LogP contribution in [0.5, 0.6) is 0 Å². The molecule has 0 saturated heterocycles. The molecule has 0 fully saturated rings. The van der Waals surface area contributed by atoms with Crippen molar-refractivity contribution in [3.63, 3.8) is 0 Å². The van der Waals surface area contributed by atoms with Crippen LogP contribution < -0.4 is 0 Å². The number of rotatable bonds is 7.